The highest BCUT2D eigenvalue weighted by atomic mass is 16.6. The Hall–Kier alpha value is -0.970. The maximum atomic E-state index is 10.9. The van der Waals surface area contributed by atoms with Crippen LogP contribution in [-0.4, -0.2) is 11.6 Å². The Balaban J connectivity index is 3.64. The van der Waals surface area contributed by atoms with Crippen molar-refractivity contribution in [2.75, 3.05) is 0 Å². The Labute approximate surface area is 106 Å². The second-order valence-corrected chi connectivity index (χ2v) is 4.84. The molecule has 0 heterocycles. The first-order valence-electron chi connectivity index (χ1n) is 6.71. The minimum atomic E-state index is -0.713. The molecular weight excluding hydrogens is 212 g/mol. The van der Waals surface area contributed by atoms with Gasteiger partial charge >= 0.3 is 5.97 Å². The van der Waals surface area contributed by atoms with Crippen molar-refractivity contribution < 1.29 is 9.53 Å². The zero-order valence-electron chi connectivity index (χ0n) is 11.6. The molecule has 0 saturated carbocycles. The highest BCUT2D eigenvalue weighted by Gasteiger charge is 2.23. The van der Waals surface area contributed by atoms with Crippen molar-refractivity contribution in [3.05, 3.63) is 0 Å². The van der Waals surface area contributed by atoms with Gasteiger partial charge in [0.25, 0.3) is 0 Å². The Morgan fingerprint density at radius 2 is 1.71 bits per heavy atom. The monoisotopic (exact) mass is 238 g/mol. The van der Waals surface area contributed by atoms with Crippen LogP contribution < -0.4 is 0 Å². The van der Waals surface area contributed by atoms with E-state index in [-0.39, 0.29) is 5.97 Å². The Morgan fingerprint density at radius 3 is 2.18 bits per heavy atom. The topological polar surface area (TPSA) is 26.3 Å². The number of hydrogen-bond acceptors (Lipinski definition) is 2. The molecule has 0 aromatic heterocycles. The van der Waals surface area contributed by atoms with E-state index in [0.717, 1.165) is 12.8 Å². The molecule has 0 rings (SSSR count). The molecule has 0 N–H and O–H groups in total. The molecule has 0 radical (unpaired) electrons. The Bertz CT molecular complexity index is 252. The van der Waals surface area contributed by atoms with Crippen molar-refractivity contribution in [2.24, 2.45) is 0 Å². The molecule has 0 saturated heterocycles. The van der Waals surface area contributed by atoms with Gasteiger partial charge in [0.1, 0.15) is 0 Å². The zero-order valence-corrected chi connectivity index (χ0v) is 11.6. The molecule has 0 bridgehead atoms. The largest absolute Gasteiger partial charge is 0.446 e. The number of unbranched alkanes of at least 4 members (excludes halogenated alkanes) is 6. The lowest BCUT2D eigenvalue weighted by atomic mass is 9.98. The first-order chi connectivity index (χ1) is 8.04. The van der Waals surface area contributed by atoms with Crippen LogP contribution in [-0.2, 0) is 9.53 Å². The summed E-state index contributed by atoms with van der Waals surface area (Å²) >= 11 is 0. The van der Waals surface area contributed by atoms with Crippen molar-refractivity contribution in [2.45, 2.75) is 77.7 Å². The van der Waals surface area contributed by atoms with Crippen LogP contribution in [0.3, 0.4) is 0 Å². The molecule has 17 heavy (non-hydrogen) atoms. The van der Waals surface area contributed by atoms with Gasteiger partial charge in [-0.2, -0.15) is 0 Å². The van der Waals surface area contributed by atoms with Gasteiger partial charge in [-0.05, 0) is 19.8 Å². The molecule has 2 nitrogen and oxygen atoms in total. The summed E-state index contributed by atoms with van der Waals surface area (Å²) in [4.78, 5) is 10.9. The van der Waals surface area contributed by atoms with E-state index in [1.54, 1.807) is 0 Å². The van der Waals surface area contributed by atoms with E-state index in [4.69, 9.17) is 11.2 Å². The molecule has 0 aliphatic heterocycles. The fraction of sp³-hybridized carbons (Fsp3) is 0.800. The third-order valence-electron chi connectivity index (χ3n) is 2.93. The van der Waals surface area contributed by atoms with Crippen molar-refractivity contribution in [1.29, 1.82) is 0 Å². The van der Waals surface area contributed by atoms with Gasteiger partial charge in [-0.25, -0.2) is 0 Å². The SMILES string of the molecule is C#CC(C)(CCCCCCCCC)OC(C)=O. The first-order valence-corrected chi connectivity index (χ1v) is 6.71. The van der Waals surface area contributed by atoms with E-state index in [1.807, 2.05) is 6.92 Å². The van der Waals surface area contributed by atoms with Crippen LogP contribution >= 0.6 is 0 Å². The van der Waals surface area contributed by atoms with Crippen LogP contribution in [0.1, 0.15) is 72.1 Å². The van der Waals surface area contributed by atoms with E-state index >= 15 is 0 Å². The van der Waals surface area contributed by atoms with Gasteiger partial charge in [0.05, 0.1) is 0 Å². The number of esters is 1. The number of carbonyl (C=O) groups excluding carboxylic acids is 1. The smallest absolute Gasteiger partial charge is 0.304 e. The summed E-state index contributed by atoms with van der Waals surface area (Å²) in [6.45, 7) is 5.43. The predicted molar refractivity (Wildman–Crippen MR) is 71.6 cm³/mol. The summed E-state index contributed by atoms with van der Waals surface area (Å²) in [5, 5.41) is 0. The summed E-state index contributed by atoms with van der Waals surface area (Å²) in [6.07, 6.45) is 14.9. The van der Waals surface area contributed by atoms with E-state index in [1.165, 1.54) is 45.4 Å². The number of rotatable bonds is 9. The average molecular weight is 238 g/mol. The molecule has 0 amide bonds. The second kappa shape index (κ2) is 9.10. The van der Waals surface area contributed by atoms with Gasteiger partial charge in [0, 0.05) is 6.92 Å². The molecule has 0 aliphatic rings. The van der Waals surface area contributed by atoms with Crippen molar-refractivity contribution in [1.82, 2.24) is 0 Å². The first kappa shape index (κ1) is 16.0. The molecule has 0 aromatic rings. The fourth-order valence-corrected chi connectivity index (χ4v) is 1.89. The van der Waals surface area contributed by atoms with E-state index < -0.39 is 5.60 Å². The maximum Gasteiger partial charge on any atom is 0.304 e. The molecule has 98 valence electrons. The van der Waals surface area contributed by atoms with Crippen LogP contribution in [0.15, 0.2) is 0 Å². The average Bonchev–Trinajstić information content (AvgIpc) is 2.27. The lowest BCUT2D eigenvalue weighted by molar-refractivity contribution is -0.150. The van der Waals surface area contributed by atoms with Crippen molar-refractivity contribution in [3.8, 4) is 12.3 Å². The number of carbonyl (C=O) groups is 1. The summed E-state index contributed by atoms with van der Waals surface area (Å²) < 4.78 is 5.16. The van der Waals surface area contributed by atoms with Crippen molar-refractivity contribution >= 4 is 5.97 Å². The standard InChI is InChI=1S/C15H26O2/c1-5-7-8-9-10-11-12-13-15(4,6-2)17-14(3)16/h2H,5,7-13H2,1,3-4H3. The molecule has 1 atom stereocenters. The van der Waals surface area contributed by atoms with Gasteiger partial charge < -0.3 is 4.74 Å². The quantitative estimate of drug-likeness (QED) is 0.344. The van der Waals surface area contributed by atoms with Gasteiger partial charge in [0.15, 0.2) is 5.60 Å². The second-order valence-electron chi connectivity index (χ2n) is 4.84. The molecule has 0 aliphatic carbocycles. The van der Waals surface area contributed by atoms with Gasteiger partial charge in [-0.15, -0.1) is 6.42 Å². The maximum absolute atomic E-state index is 10.9. The number of terminal acetylenes is 1. The highest BCUT2D eigenvalue weighted by Crippen LogP contribution is 2.19. The molecular formula is C15H26O2. The minimum absolute atomic E-state index is 0.298. The van der Waals surface area contributed by atoms with Crippen LogP contribution in [0.25, 0.3) is 0 Å². The van der Waals surface area contributed by atoms with E-state index in [2.05, 4.69) is 12.8 Å². The lowest BCUT2D eigenvalue weighted by Gasteiger charge is -2.23. The van der Waals surface area contributed by atoms with Gasteiger partial charge in [-0.1, -0.05) is 51.4 Å². The van der Waals surface area contributed by atoms with Gasteiger partial charge in [0.2, 0.25) is 0 Å². The van der Waals surface area contributed by atoms with Crippen LogP contribution in [0.4, 0.5) is 0 Å². The summed E-state index contributed by atoms with van der Waals surface area (Å²) in [5.41, 5.74) is -0.713. The van der Waals surface area contributed by atoms with Crippen molar-refractivity contribution in [3.63, 3.8) is 0 Å². The Morgan fingerprint density at radius 1 is 1.18 bits per heavy atom. The minimum Gasteiger partial charge on any atom is -0.446 e. The van der Waals surface area contributed by atoms with Crippen LogP contribution in [0.2, 0.25) is 0 Å². The van der Waals surface area contributed by atoms with Crippen LogP contribution in [0, 0.1) is 12.3 Å². The third kappa shape index (κ3) is 8.80. The highest BCUT2D eigenvalue weighted by molar-refractivity contribution is 5.67. The molecule has 0 fully saturated rings. The fourth-order valence-electron chi connectivity index (χ4n) is 1.89. The van der Waals surface area contributed by atoms with Crippen LogP contribution in [0.5, 0.6) is 0 Å². The lowest BCUT2D eigenvalue weighted by Crippen LogP contribution is -2.28. The zero-order chi connectivity index (χ0) is 13.1. The van der Waals surface area contributed by atoms with E-state index in [0.29, 0.717) is 0 Å². The van der Waals surface area contributed by atoms with Gasteiger partial charge in [-0.3, -0.25) is 4.79 Å². The molecule has 2 heteroatoms. The van der Waals surface area contributed by atoms with E-state index in [9.17, 15) is 4.79 Å². The third-order valence-corrected chi connectivity index (χ3v) is 2.93. The molecule has 1 unspecified atom stereocenters. The predicted octanol–water partition coefficient (Wildman–Crippen LogP) is 4.08. The molecule has 0 spiro atoms. The summed E-state index contributed by atoms with van der Waals surface area (Å²) in [5.74, 6) is 2.28. The Kier molecular flexibility index (Phi) is 8.58. The molecule has 0 aromatic carbocycles. The number of hydrogen-bond donors (Lipinski definition) is 0. The number of ether oxygens (including phenoxy) is 1. The summed E-state index contributed by atoms with van der Waals surface area (Å²) in [7, 11) is 0. The normalized spacial score (nSPS) is 13.8. The summed E-state index contributed by atoms with van der Waals surface area (Å²) in [6, 6.07) is 0.